The third kappa shape index (κ3) is 1.96. The van der Waals surface area contributed by atoms with E-state index in [1.54, 1.807) is 18.2 Å². The van der Waals surface area contributed by atoms with E-state index < -0.39 is 0 Å². The van der Waals surface area contributed by atoms with Crippen LogP contribution >= 0.6 is 0 Å². The molecule has 0 radical (unpaired) electrons. The molecular formula is C18H15F2N. The van der Waals surface area contributed by atoms with Gasteiger partial charge in [-0.15, -0.1) is 0 Å². The molecule has 0 saturated carbocycles. The molecule has 0 amide bonds. The van der Waals surface area contributed by atoms with Crippen molar-refractivity contribution in [3.05, 3.63) is 77.4 Å². The van der Waals surface area contributed by atoms with E-state index in [4.69, 9.17) is 0 Å². The van der Waals surface area contributed by atoms with Gasteiger partial charge in [-0.25, -0.2) is 8.78 Å². The summed E-state index contributed by atoms with van der Waals surface area (Å²) in [5.74, 6) is 0.109. The van der Waals surface area contributed by atoms with Crippen LogP contribution in [0.2, 0.25) is 0 Å². The Hall–Kier alpha value is -2.16. The summed E-state index contributed by atoms with van der Waals surface area (Å²) in [4.78, 5) is 0. The summed E-state index contributed by atoms with van der Waals surface area (Å²) in [6.07, 6.45) is 5.28. The second-order valence-electron chi connectivity index (χ2n) is 5.73. The van der Waals surface area contributed by atoms with Crippen LogP contribution in [0.5, 0.6) is 0 Å². The Morgan fingerprint density at radius 2 is 1.81 bits per heavy atom. The van der Waals surface area contributed by atoms with Gasteiger partial charge in [0, 0.05) is 5.92 Å². The van der Waals surface area contributed by atoms with Crippen LogP contribution in [-0.2, 0) is 0 Å². The molecule has 2 aliphatic rings. The maximum atomic E-state index is 14.1. The molecule has 0 saturated heterocycles. The molecule has 1 nitrogen and oxygen atoms in total. The predicted molar refractivity (Wildman–Crippen MR) is 79.2 cm³/mol. The molecule has 2 aromatic rings. The van der Waals surface area contributed by atoms with Gasteiger partial charge in [0.15, 0.2) is 0 Å². The van der Waals surface area contributed by atoms with Gasteiger partial charge in [0.05, 0.1) is 11.7 Å². The molecule has 1 aliphatic carbocycles. The van der Waals surface area contributed by atoms with Crippen molar-refractivity contribution in [2.75, 3.05) is 5.32 Å². The minimum atomic E-state index is -0.248. The van der Waals surface area contributed by atoms with Crippen LogP contribution in [0, 0.1) is 17.6 Å². The topological polar surface area (TPSA) is 12.0 Å². The van der Waals surface area contributed by atoms with Crippen molar-refractivity contribution in [1.29, 1.82) is 0 Å². The number of benzene rings is 2. The lowest BCUT2D eigenvalue weighted by atomic mass is 9.77. The Labute approximate surface area is 122 Å². The van der Waals surface area contributed by atoms with E-state index in [1.807, 2.05) is 6.07 Å². The molecular weight excluding hydrogens is 268 g/mol. The summed E-state index contributed by atoms with van der Waals surface area (Å²) >= 11 is 0. The van der Waals surface area contributed by atoms with E-state index in [9.17, 15) is 8.78 Å². The second-order valence-corrected chi connectivity index (χ2v) is 5.73. The van der Waals surface area contributed by atoms with Gasteiger partial charge in [-0.2, -0.15) is 0 Å². The molecule has 0 spiro atoms. The summed E-state index contributed by atoms with van der Waals surface area (Å²) in [6, 6.07) is 11.7. The van der Waals surface area contributed by atoms with Gasteiger partial charge >= 0.3 is 0 Å². The highest BCUT2D eigenvalue weighted by molar-refractivity contribution is 5.60. The van der Waals surface area contributed by atoms with E-state index >= 15 is 0 Å². The lowest BCUT2D eigenvalue weighted by molar-refractivity contribution is 0.420. The quantitative estimate of drug-likeness (QED) is 0.742. The highest BCUT2D eigenvalue weighted by Crippen LogP contribution is 2.50. The number of hydrogen-bond donors (Lipinski definition) is 1. The average Bonchev–Trinajstić information content (AvgIpc) is 2.98. The summed E-state index contributed by atoms with van der Waals surface area (Å²) in [7, 11) is 0. The first kappa shape index (κ1) is 12.6. The van der Waals surface area contributed by atoms with Gasteiger partial charge in [-0.3, -0.25) is 0 Å². The van der Waals surface area contributed by atoms with Crippen LogP contribution in [0.15, 0.2) is 54.6 Å². The number of allylic oxidation sites excluding steroid dienone is 2. The Bertz CT molecular complexity index is 706. The predicted octanol–water partition coefficient (Wildman–Crippen LogP) is 4.79. The first-order valence-corrected chi connectivity index (χ1v) is 7.21. The minimum absolute atomic E-state index is 0.00926. The van der Waals surface area contributed by atoms with Crippen LogP contribution in [0.1, 0.15) is 29.5 Å². The van der Waals surface area contributed by atoms with Crippen molar-refractivity contribution in [2.24, 2.45) is 5.92 Å². The second kappa shape index (κ2) is 4.69. The fourth-order valence-electron chi connectivity index (χ4n) is 3.58. The molecule has 1 aliphatic heterocycles. The van der Waals surface area contributed by atoms with Gasteiger partial charge in [0.1, 0.15) is 11.6 Å². The van der Waals surface area contributed by atoms with Gasteiger partial charge in [-0.05, 0) is 41.7 Å². The standard InChI is InChI=1S/C18H15F2N/c19-12-9-7-11(8-10-12)17-14-4-1-3-13(14)15-5-2-6-16(20)18(15)21-17/h1-3,5-10,13-14,17,21H,4H2/t13-,14+,17-/m0/s1. The zero-order valence-electron chi connectivity index (χ0n) is 11.4. The van der Waals surface area contributed by atoms with Crippen LogP contribution in [0.4, 0.5) is 14.5 Å². The molecule has 3 heteroatoms. The van der Waals surface area contributed by atoms with Crippen molar-refractivity contribution in [2.45, 2.75) is 18.4 Å². The molecule has 1 N–H and O–H groups in total. The van der Waals surface area contributed by atoms with Crippen molar-refractivity contribution < 1.29 is 8.78 Å². The monoisotopic (exact) mass is 283 g/mol. The van der Waals surface area contributed by atoms with E-state index in [0.29, 0.717) is 11.6 Å². The number of anilines is 1. The fourth-order valence-corrected chi connectivity index (χ4v) is 3.58. The molecule has 0 bridgehead atoms. The Morgan fingerprint density at radius 3 is 2.62 bits per heavy atom. The van der Waals surface area contributed by atoms with E-state index in [2.05, 4.69) is 17.5 Å². The third-order valence-electron chi connectivity index (χ3n) is 4.58. The van der Waals surface area contributed by atoms with Crippen LogP contribution < -0.4 is 5.32 Å². The smallest absolute Gasteiger partial charge is 0.146 e. The van der Waals surface area contributed by atoms with Crippen molar-refractivity contribution >= 4 is 5.69 Å². The number of para-hydroxylation sites is 1. The molecule has 2 aromatic carbocycles. The maximum absolute atomic E-state index is 14.1. The van der Waals surface area contributed by atoms with Gasteiger partial charge in [-0.1, -0.05) is 36.4 Å². The molecule has 0 aromatic heterocycles. The molecule has 4 rings (SSSR count). The number of fused-ring (bicyclic) bond motifs is 3. The van der Waals surface area contributed by atoms with Crippen molar-refractivity contribution in [3.63, 3.8) is 0 Å². The third-order valence-corrected chi connectivity index (χ3v) is 4.58. The van der Waals surface area contributed by atoms with Crippen LogP contribution in [0.3, 0.4) is 0 Å². The molecule has 106 valence electrons. The van der Waals surface area contributed by atoms with E-state index in [1.165, 1.54) is 18.2 Å². The zero-order chi connectivity index (χ0) is 14.4. The van der Waals surface area contributed by atoms with Crippen molar-refractivity contribution in [3.8, 4) is 0 Å². The summed E-state index contributed by atoms with van der Waals surface area (Å²) in [5, 5.41) is 3.33. The molecule has 0 unspecified atom stereocenters. The van der Waals surface area contributed by atoms with Crippen LogP contribution in [0.25, 0.3) is 0 Å². The van der Waals surface area contributed by atoms with E-state index in [-0.39, 0.29) is 23.6 Å². The Morgan fingerprint density at radius 1 is 1.00 bits per heavy atom. The average molecular weight is 283 g/mol. The summed E-state index contributed by atoms with van der Waals surface area (Å²) < 4.78 is 27.3. The van der Waals surface area contributed by atoms with E-state index in [0.717, 1.165) is 17.5 Å². The normalized spacial score (nSPS) is 26.1. The molecule has 0 fully saturated rings. The molecule has 1 heterocycles. The first-order chi connectivity index (χ1) is 10.2. The lowest BCUT2D eigenvalue weighted by Gasteiger charge is -2.37. The summed E-state index contributed by atoms with van der Waals surface area (Å²) in [6.45, 7) is 0. The number of halogens is 2. The number of rotatable bonds is 1. The first-order valence-electron chi connectivity index (χ1n) is 7.21. The molecule has 21 heavy (non-hydrogen) atoms. The maximum Gasteiger partial charge on any atom is 0.146 e. The lowest BCUT2D eigenvalue weighted by Crippen LogP contribution is -2.29. The Balaban J connectivity index is 1.81. The summed E-state index contributed by atoms with van der Waals surface area (Å²) in [5.41, 5.74) is 2.61. The number of hydrogen-bond acceptors (Lipinski definition) is 1. The fraction of sp³-hybridized carbons (Fsp3) is 0.222. The Kier molecular flexibility index (Phi) is 2.81. The number of nitrogens with one attached hydrogen (secondary N) is 1. The highest BCUT2D eigenvalue weighted by Gasteiger charge is 2.38. The van der Waals surface area contributed by atoms with Gasteiger partial charge in [0.2, 0.25) is 0 Å². The van der Waals surface area contributed by atoms with Crippen LogP contribution in [-0.4, -0.2) is 0 Å². The van der Waals surface area contributed by atoms with Gasteiger partial charge in [0.25, 0.3) is 0 Å². The SMILES string of the molecule is Fc1ccc([C@@H]2Nc3c(F)cccc3[C@H]3C=CC[C@H]32)cc1. The minimum Gasteiger partial charge on any atom is -0.375 e. The molecule has 3 atom stereocenters. The van der Waals surface area contributed by atoms with Crippen molar-refractivity contribution in [1.82, 2.24) is 0 Å². The zero-order valence-corrected chi connectivity index (χ0v) is 11.4. The van der Waals surface area contributed by atoms with Gasteiger partial charge < -0.3 is 5.32 Å². The highest BCUT2D eigenvalue weighted by atomic mass is 19.1. The largest absolute Gasteiger partial charge is 0.375 e.